The van der Waals surface area contributed by atoms with E-state index in [0.717, 1.165) is 0 Å². The third kappa shape index (κ3) is 3.20. The summed E-state index contributed by atoms with van der Waals surface area (Å²) in [7, 11) is 0. The van der Waals surface area contributed by atoms with Gasteiger partial charge in [-0.1, -0.05) is 115 Å². The Hall–Kier alpha value is -5.86. The predicted molar refractivity (Wildman–Crippen MR) is 188 cm³/mol. The second kappa shape index (κ2) is 8.82. The molecule has 204 valence electrons. The van der Waals surface area contributed by atoms with E-state index in [1.165, 1.54) is 92.7 Å². The Labute approximate surface area is 253 Å². The van der Waals surface area contributed by atoms with Gasteiger partial charge in [0.25, 0.3) is 0 Å². The number of H-pyrrole nitrogens is 1. The average Bonchev–Trinajstić information content (AvgIpc) is 3.63. The highest BCUT2D eigenvalue weighted by Crippen LogP contribution is 2.45. The minimum absolute atomic E-state index is 1.17. The van der Waals surface area contributed by atoms with Crippen LogP contribution in [0.5, 0.6) is 0 Å². The Kier molecular flexibility index (Phi) is 4.75. The Morgan fingerprint density at radius 2 is 1.00 bits per heavy atom. The molecule has 0 saturated heterocycles. The van der Waals surface area contributed by atoms with Crippen molar-refractivity contribution in [2.75, 3.05) is 0 Å². The Balaban J connectivity index is 1.39. The first kappa shape index (κ1) is 23.7. The van der Waals surface area contributed by atoms with Gasteiger partial charge in [0.15, 0.2) is 0 Å². The number of nitrogens with zero attached hydrogens (tertiary/aromatic N) is 1. The molecule has 0 bridgehead atoms. The highest BCUT2D eigenvalue weighted by Gasteiger charge is 2.20. The summed E-state index contributed by atoms with van der Waals surface area (Å²) in [5.41, 5.74) is 8.48. The van der Waals surface area contributed by atoms with E-state index in [0.29, 0.717) is 0 Å². The number of aromatic nitrogens is 2. The van der Waals surface area contributed by atoms with Gasteiger partial charge in [-0.2, -0.15) is 0 Å². The number of nitrogens with one attached hydrogen (secondary N) is 1. The molecule has 10 aromatic rings. The van der Waals surface area contributed by atoms with Gasteiger partial charge < -0.3 is 9.55 Å². The van der Waals surface area contributed by atoms with Gasteiger partial charge in [-0.15, -0.1) is 0 Å². The molecule has 2 heterocycles. The standard InChI is InChI=1S/C42H26N2/c1-2-12-27-23-28(22-21-26(27)11-1)44-39-20-10-8-18-34(39)41-32-16-5-3-13-29(32)36(25-40(41)44)35-24-37-31-15-7-9-19-38(31)43-42(37)33-17-6-4-14-30(33)35/h1-25,43H. The summed E-state index contributed by atoms with van der Waals surface area (Å²) in [6.45, 7) is 0. The van der Waals surface area contributed by atoms with Gasteiger partial charge in [0.05, 0.1) is 16.6 Å². The predicted octanol–water partition coefficient (Wildman–Crippen LogP) is 11.5. The SMILES string of the molecule is c1ccc2cc(-n3c4ccccc4c4c5ccccc5c(-c5cc6c7ccccc7[nH]c6c6ccccc56)cc43)ccc2c1. The van der Waals surface area contributed by atoms with Gasteiger partial charge in [-0.25, -0.2) is 0 Å². The van der Waals surface area contributed by atoms with E-state index in [2.05, 4.69) is 161 Å². The molecule has 0 aliphatic carbocycles. The number of aromatic amines is 1. The van der Waals surface area contributed by atoms with Gasteiger partial charge in [-0.3, -0.25) is 0 Å². The molecule has 0 atom stereocenters. The molecule has 0 saturated carbocycles. The van der Waals surface area contributed by atoms with E-state index in [1.807, 2.05) is 0 Å². The molecule has 2 nitrogen and oxygen atoms in total. The normalized spacial score (nSPS) is 12.1. The Bertz CT molecular complexity index is 2780. The molecule has 2 heteroatoms. The molecule has 0 radical (unpaired) electrons. The summed E-state index contributed by atoms with van der Waals surface area (Å²) in [5.74, 6) is 0. The lowest BCUT2D eigenvalue weighted by atomic mass is 9.90. The van der Waals surface area contributed by atoms with Crippen molar-refractivity contribution in [1.82, 2.24) is 9.55 Å². The lowest BCUT2D eigenvalue weighted by molar-refractivity contribution is 1.19. The topological polar surface area (TPSA) is 20.7 Å². The zero-order valence-electron chi connectivity index (χ0n) is 23.9. The summed E-state index contributed by atoms with van der Waals surface area (Å²) in [5, 5.41) is 12.6. The van der Waals surface area contributed by atoms with Crippen LogP contribution < -0.4 is 0 Å². The van der Waals surface area contributed by atoms with E-state index in [4.69, 9.17) is 0 Å². The van der Waals surface area contributed by atoms with E-state index >= 15 is 0 Å². The van der Waals surface area contributed by atoms with Gasteiger partial charge in [0.2, 0.25) is 0 Å². The minimum Gasteiger partial charge on any atom is -0.354 e. The maximum absolute atomic E-state index is 3.73. The van der Waals surface area contributed by atoms with Gasteiger partial charge in [0, 0.05) is 38.1 Å². The first-order valence-corrected chi connectivity index (χ1v) is 15.2. The molecule has 10 rings (SSSR count). The highest BCUT2D eigenvalue weighted by atomic mass is 15.0. The van der Waals surface area contributed by atoms with Crippen LogP contribution in [0.15, 0.2) is 152 Å². The monoisotopic (exact) mass is 558 g/mol. The molecule has 2 aromatic heterocycles. The fraction of sp³-hybridized carbons (Fsp3) is 0. The van der Waals surface area contributed by atoms with Crippen LogP contribution in [0.3, 0.4) is 0 Å². The number of rotatable bonds is 2. The van der Waals surface area contributed by atoms with Crippen LogP contribution in [-0.4, -0.2) is 9.55 Å². The highest BCUT2D eigenvalue weighted by molar-refractivity contribution is 6.27. The van der Waals surface area contributed by atoms with Crippen molar-refractivity contribution in [2.45, 2.75) is 0 Å². The largest absolute Gasteiger partial charge is 0.354 e. The Morgan fingerprint density at radius 1 is 0.386 bits per heavy atom. The van der Waals surface area contributed by atoms with Crippen molar-refractivity contribution >= 4 is 75.9 Å². The second-order valence-corrected chi connectivity index (χ2v) is 11.8. The third-order valence-corrected chi connectivity index (χ3v) is 9.48. The summed E-state index contributed by atoms with van der Waals surface area (Å²) in [4.78, 5) is 3.73. The van der Waals surface area contributed by atoms with Crippen LogP contribution in [0.1, 0.15) is 0 Å². The molecule has 0 aliphatic rings. The van der Waals surface area contributed by atoms with Crippen LogP contribution in [0.25, 0.3) is 92.7 Å². The number of hydrogen-bond acceptors (Lipinski definition) is 0. The summed E-state index contributed by atoms with van der Waals surface area (Å²) in [6, 6.07) is 55.5. The van der Waals surface area contributed by atoms with Crippen molar-refractivity contribution < 1.29 is 0 Å². The third-order valence-electron chi connectivity index (χ3n) is 9.48. The van der Waals surface area contributed by atoms with Crippen LogP contribution in [0, 0.1) is 0 Å². The Morgan fingerprint density at radius 3 is 1.84 bits per heavy atom. The lowest BCUT2D eigenvalue weighted by Crippen LogP contribution is -1.95. The first-order valence-electron chi connectivity index (χ1n) is 15.2. The van der Waals surface area contributed by atoms with E-state index in [1.54, 1.807) is 0 Å². The fourth-order valence-corrected chi connectivity index (χ4v) is 7.55. The molecule has 44 heavy (non-hydrogen) atoms. The number of para-hydroxylation sites is 2. The van der Waals surface area contributed by atoms with Crippen molar-refractivity contribution in [2.24, 2.45) is 0 Å². The molecular formula is C42H26N2. The van der Waals surface area contributed by atoms with Gasteiger partial charge in [-0.05, 0) is 74.5 Å². The zero-order chi connectivity index (χ0) is 28.8. The molecule has 0 fully saturated rings. The number of hydrogen-bond donors (Lipinski definition) is 1. The lowest BCUT2D eigenvalue weighted by Gasteiger charge is -2.15. The average molecular weight is 559 g/mol. The molecular weight excluding hydrogens is 532 g/mol. The van der Waals surface area contributed by atoms with E-state index in [9.17, 15) is 0 Å². The van der Waals surface area contributed by atoms with Crippen LogP contribution >= 0.6 is 0 Å². The summed E-state index contributed by atoms with van der Waals surface area (Å²) >= 11 is 0. The number of fused-ring (bicyclic) bond motifs is 11. The fourth-order valence-electron chi connectivity index (χ4n) is 7.55. The first-order chi connectivity index (χ1) is 21.8. The molecule has 0 spiro atoms. The quantitative estimate of drug-likeness (QED) is 0.218. The summed E-state index contributed by atoms with van der Waals surface area (Å²) in [6.07, 6.45) is 0. The van der Waals surface area contributed by atoms with E-state index in [-0.39, 0.29) is 0 Å². The van der Waals surface area contributed by atoms with Crippen molar-refractivity contribution in [3.63, 3.8) is 0 Å². The van der Waals surface area contributed by atoms with Crippen molar-refractivity contribution in [3.8, 4) is 16.8 Å². The van der Waals surface area contributed by atoms with E-state index < -0.39 is 0 Å². The van der Waals surface area contributed by atoms with Crippen LogP contribution in [0.4, 0.5) is 0 Å². The molecule has 0 unspecified atom stereocenters. The summed E-state index contributed by atoms with van der Waals surface area (Å²) < 4.78 is 2.46. The van der Waals surface area contributed by atoms with Crippen LogP contribution in [-0.2, 0) is 0 Å². The second-order valence-electron chi connectivity index (χ2n) is 11.8. The molecule has 0 amide bonds. The molecule has 0 aliphatic heterocycles. The molecule has 8 aromatic carbocycles. The molecule has 1 N–H and O–H groups in total. The van der Waals surface area contributed by atoms with Gasteiger partial charge in [0.1, 0.15) is 0 Å². The van der Waals surface area contributed by atoms with Crippen molar-refractivity contribution in [1.29, 1.82) is 0 Å². The maximum Gasteiger partial charge on any atom is 0.0553 e. The van der Waals surface area contributed by atoms with Crippen LogP contribution in [0.2, 0.25) is 0 Å². The zero-order valence-corrected chi connectivity index (χ0v) is 23.9. The maximum atomic E-state index is 3.73. The smallest absolute Gasteiger partial charge is 0.0553 e. The van der Waals surface area contributed by atoms with Gasteiger partial charge >= 0.3 is 0 Å². The minimum atomic E-state index is 1.17. The number of benzene rings is 8. The van der Waals surface area contributed by atoms with Crippen molar-refractivity contribution in [3.05, 3.63) is 152 Å².